The summed E-state index contributed by atoms with van der Waals surface area (Å²) in [5.74, 6) is -1.87. The van der Waals surface area contributed by atoms with E-state index >= 15 is 0 Å². The molecular weight excluding hydrogens is 365 g/mol. The van der Waals surface area contributed by atoms with E-state index in [4.69, 9.17) is 5.11 Å². The summed E-state index contributed by atoms with van der Waals surface area (Å²) < 4.78 is 13.7. The zero-order valence-electron chi connectivity index (χ0n) is 10.2. The molecule has 108 valence electrons. The first-order chi connectivity index (χ1) is 9.88. The van der Waals surface area contributed by atoms with Crippen molar-refractivity contribution in [1.82, 2.24) is 0 Å². The lowest BCUT2D eigenvalue weighted by molar-refractivity contribution is -0.387. The van der Waals surface area contributed by atoms with Crippen molar-refractivity contribution >= 4 is 39.3 Å². The number of nitrogens with zero attached hydrogens (tertiary/aromatic N) is 1. The van der Waals surface area contributed by atoms with Gasteiger partial charge >= 0.3 is 5.97 Å². The van der Waals surface area contributed by atoms with Crippen LogP contribution in [0.5, 0.6) is 0 Å². The summed E-state index contributed by atoms with van der Waals surface area (Å²) in [4.78, 5) is 21.9. The van der Waals surface area contributed by atoms with Gasteiger partial charge in [0.25, 0.3) is 5.69 Å². The summed E-state index contributed by atoms with van der Waals surface area (Å²) in [6.07, 6.45) is 0. The molecule has 0 unspecified atom stereocenters. The Bertz CT molecular complexity index is 738. The van der Waals surface area contributed by atoms with E-state index in [1.54, 1.807) is 12.1 Å². The minimum Gasteiger partial charge on any atom is -0.478 e. The summed E-state index contributed by atoms with van der Waals surface area (Å²) >= 11 is 4.12. The third kappa shape index (κ3) is 3.59. The maximum Gasteiger partial charge on any atom is 0.336 e. The van der Waals surface area contributed by atoms with Gasteiger partial charge in [-0.15, -0.1) is 0 Å². The molecule has 0 amide bonds. The highest BCUT2D eigenvalue weighted by Gasteiger charge is 2.19. The van der Waals surface area contributed by atoms with E-state index in [1.807, 2.05) is 0 Å². The number of carbonyl (C=O) groups is 1. The van der Waals surface area contributed by atoms with Crippen LogP contribution >= 0.6 is 27.7 Å². The number of rotatable bonds is 4. The second-order valence-corrected chi connectivity index (χ2v) is 5.92. The molecule has 21 heavy (non-hydrogen) atoms. The molecule has 0 saturated heterocycles. The number of nitro groups is 1. The van der Waals surface area contributed by atoms with Crippen molar-refractivity contribution in [1.29, 1.82) is 0 Å². The van der Waals surface area contributed by atoms with Gasteiger partial charge in [0.1, 0.15) is 5.82 Å². The molecule has 0 fully saturated rings. The molecule has 0 spiro atoms. The van der Waals surface area contributed by atoms with Gasteiger partial charge in [0.2, 0.25) is 0 Å². The van der Waals surface area contributed by atoms with E-state index in [-0.39, 0.29) is 10.5 Å². The van der Waals surface area contributed by atoms with Crippen LogP contribution in [0.4, 0.5) is 10.1 Å². The molecule has 0 aliphatic rings. The van der Waals surface area contributed by atoms with Crippen molar-refractivity contribution in [3.8, 4) is 0 Å². The Morgan fingerprint density at radius 1 is 1.24 bits per heavy atom. The van der Waals surface area contributed by atoms with Crippen LogP contribution < -0.4 is 0 Å². The Morgan fingerprint density at radius 2 is 1.95 bits per heavy atom. The highest BCUT2D eigenvalue weighted by atomic mass is 79.9. The fourth-order valence-corrected chi connectivity index (χ4v) is 3.17. The van der Waals surface area contributed by atoms with Crippen LogP contribution in [0.3, 0.4) is 0 Å². The molecular formula is C13H7BrFNO4S. The minimum atomic E-state index is -1.14. The van der Waals surface area contributed by atoms with Crippen LogP contribution in [0, 0.1) is 15.9 Å². The average molecular weight is 372 g/mol. The molecule has 2 aromatic carbocycles. The lowest BCUT2D eigenvalue weighted by Crippen LogP contribution is -1.99. The van der Waals surface area contributed by atoms with Gasteiger partial charge in [-0.2, -0.15) is 0 Å². The van der Waals surface area contributed by atoms with Crippen LogP contribution in [0.2, 0.25) is 0 Å². The maximum absolute atomic E-state index is 13.1. The number of hydrogen-bond donors (Lipinski definition) is 1. The normalized spacial score (nSPS) is 10.4. The third-order valence-electron chi connectivity index (χ3n) is 2.51. The van der Waals surface area contributed by atoms with Gasteiger partial charge in [-0.1, -0.05) is 27.7 Å². The van der Waals surface area contributed by atoms with Gasteiger partial charge in [0.05, 0.1) is 21.4 Å². The standard InChI is InChI=1S/C13H7BrFNO4S/c14-7-1-3-9(13(17)18)12(5-7)21-11-4-2-8(15)6-10(11)16(19)20/h1-6H,(H,17,18). The molecule has 0 saturated carbocycles. The van der Waals surface area contributed by atoms with Gasteiger partial charge in [-0.25, -0.2) is 9.18 Å². The molecule has 0 aliphatic carbocycles. The van der Waals surface area contributed by atoms with Crippen LogP contribution in [-0.4, -0.2) is 16.0 Å². The van der Waals surface area contributed by atoms with Crippen LogP contribution in [0.1, 0.15) is 10.4 Å². The quantitative estimate of drug-likeness (QED) is 0.638. The van der Waals surface area contributed by atoms with E-state index in [1.165, 1.54) is 12.1 Å². The number of hydrogen-bond acceptors (Lipinski definition) is 4. The molecule has 0 aliphatic heterocycles. The molecule has 0 bridgehead atoms. The molecule has 8 heteroatoms. The largest absolute Gasteiger partial charge is 0.478 e. The van der Waals surface area contributed by atoms with Crippen molar-refractivity contribution < 1.29 is 19.2 Å². The fraction of sp³-hybridized carbons (Fsp3) is 0. The van der Waals surface area contributed by atoms with E-state index < -0.39 is 22.4 Å². The number of carboxylic acid groups (broad SMARTS) is 1. The van der Waals surface area contributed by atoms with E-state index in [0.29, 0.717) is 9.37 Å². The third-order valence-corrected chi connectivity index (χ3v) is 4.13. The number of carboxylic acids is 1. The molecule has 0 aromatic heterocycles. The summed E-state index contributed by atoms with van der Waals surface area (Å²) in [6, 6.07) is 7.65. The van der Waals surface area contributed by atoms with E-state index in [2.05, 4.69) is 15.9 Å². The van der Waals surface area contributed by atoms with Crippen LogP contribution in [0.25, 0.3) is 0 Å². The SMILES string of the molecule is O=C(O)c1ccc(Br)cc1Sc1ccc(F)cc1[N+](=O)[O-]. The van der Waals surface area contributed by atoms with Crippen LogP contribution in [-0.2, 0) is 0 Å². The van der Waals surface area contributed by atoms with Crippen LogP contribution in [0.15, 0.2) is 50.7 Å². The number of halogens is 2. The predicted octanol–water partition coefficient (Wildman–Crippen LogP) is 4.35. The highest BCUT2D eigenvalue weighted by molar-refractivity contribution is 9.10. The van der Waals surface area contributed by atoms with E-state index in [9.17, 15) is 19.3 Å². The summed E-state index contributed by atoms with van der Waals surface area (Å²) in [5, 5.41) is 20.1. The lowest BCUT2D eigenvalue weighted by atomic mass is 10.2. The first kappa shape index (κ1) is 15.5. The molecule has 2 aromatic rings. The summed E-state index contributed by atoms with van der Waals surface area (Å²) in [7, 11) is 0. The van der Waals surface area contributed by atoms with Gasteiger partial charge in [0, 0.05) is 9.37 Å². The second-order valence-electron chi connectivity index (χ2n) is 3.92. The fourth-order valence-electron chi connectivity index (χ4n) is 1.60. The first-order valence-corrected chi connectivity index (χ1v) is 7.14. The molecule has 5 nitrogen and oxygen atoms in total. The van der Waals surface area contributed by atoms with E-state index in [0.717, 1.165) is 23.9 Å². The summed E-state index contributed by atoms with van der Waals surface area (Å²) in [5.41, 5.74) is -0.391. The van der Waals surface area contributed by atoms with Crippen molar-refractivity contribution in [2.24, 2.45) is 0 Å². The minimum absolute atomic E-state index is 0.0156. The number of aromatic carboxylic acids is 1. The number of benzene rings is 2. The topological polar surface area (TPSA) is 80.4 Å². The zero-order valence-corrected chi connectivity index (χ0v) is 12.6. The Labute approximate surface area is 131 Å². The number of nitro benzene ring substituents is 1. The Balaban J connectivity index is 2.50. The monoisotopic (exact) mass is 371 g/mol. The Morgan fingerprint density at radius 3 is 2.57 bits per heavy atom. The molecule has 0 radical (unpaired) electrons. The van der Waals surface area contributed by atoms with Crippen molar-refractivity contribution in [2.45, 2.75) is 9.79 Å². The Kier molecular flexibility index (Phi) is 4.59. The zero-order chi connectivity index (χ0) is 15.6. The molecule has 1 N–H and O–H groups in total. The van der Waals surface area contributed by atoms with Gasteiger partial charge in [-0.3, -0.25) is 10.1 Å². The molecule has 0 atom stereocenters. The average Bonchev–Trinajstić information content (AvgIpc) is 2.40. The maximum atomic E-state index is 13.1. The van der Waals surface area contributed by atoms with Crippen molar-refractivity contribution in [3.05, 3.63) is 62.4 Å². The lowest BCUT2D eigenvalue weighted by Gasteiger charge is -2.07. The molecule has 2 rings (SSSR count). The van der Waals surface area contributed by atoms with Gasteiger partial charge in [0.15, 0.2) is 0 Å². The Hall–Kier alpha value is -1.93. The van der Waals surface area contributed by atoms with Crippen molar-refractivity contribution in [3.63, 3.8) is 0 Å². The van der Waals surface area contributed by atoms with Gasteiger partial charge < -0.3 is 5.11 Å². The highest BCUT2D eigenvalue weighted by Crippen LogP contribution is 2.37. The molecule has 0 heterocycles. The van der Waals surface area contributed by atoms with Gasteiger partial charge in [-0.05, 0) is 30.3 Å². The predicted molar refractivity (Wildman–Crippen MR) is 78.3 cm³/mol. The first-order valence-electron chi connectivity index (χ1n) is 5.53. The smallest absolute Gasteiger partial charge is 0.336 e. The van der Waals surface area contributed by atoms with Crippen molar-refractivity contribution in [2.75, 3.05) is 0 Å². The second kappa shape index (κ2) is 6.23. The summed E-state index contributed by atoms with van der Waals surface area (Å²) in [6.45, 7) is 0.